The van der Waals surface area contributed by atoms with Gasteiger partial charge in [-0.3, -0.25) is 4.79 Å². The Hall–Kier alpha value is -1.34. The zero-order chi connectivity index (χ0) is 14.8. The number of amides is 2. The van der Waals surface area contributed by atoms with Crippen LogP contribution in [0.3, 0.4) is 0 Å². The van der Waals surface area contributed by atoms with Gasteiger partial charge in [-0.2, -0.15) is 0 Å². The largest absolute Gasteiger partial charge is 0.481 e. The Morgan fingerprint density at radius 3 is 2.75 bits per heavy atom. The molecule has 0 saturated carbocycles. The molecule has 2 amide bonds. The quantitative estimate of drug-likeness (QED) is 0.786. The van der Waals surface area contributed by atoms with E-state index in [4.69, 9.17) is 14.6 Å². The first-order valence-corrected chi connectivity index (χ1v) is 6.93. The highest BCUT2D eigenvalue weighted by Gasteiger charge is 2.39. The zero-order valence-corrected chi connectivity index (χ0v) is 11.9. The number of hydrogen-bond donors (Lipinski definition) is 2. The van der Waals surface area contributed by atoms with Gasteiger partial charge in [-0.05, 0) is 20.3 Å². The van der Waals surface area contributed by atoms with E-state index in [-0.39, 0.29) is 24.1 Å². The molecule has 20 heavy (non-hydrogen) atoms. The average molecular weight is 286 g/mol. The number of carbonyl (C=O) groups excluding carboxylic acids is 1. The fourth-order valence-electron chi connectivity index (χ4n) is 2.54. The van der Waals surface area contributed by atoms with E-state index in [1.165, 1.54) is 0 Å². The van der Waals surface area contributed by atoms with Crippen LogP contribution in [0.4, 0.5) is 4.79 Å². The third kappa shape index (κ3) is 3.40. The SMILES string of the molecule is CC1OCCC1(C)NC(=O)N1CCOC(CC(=O)O)C1. The van der Waals surface area contributed by atoms with Crippen LogP contribution in [0, 0.1) is 0 Å². The van der Waals surface area contributed by atoms with E-state index in [0.29, 0.717) is 26.3 Å². The number of nitrogens with zero attached hydrogens (tertiary/aromatic N) is 1. The summed E-state index contributed by atoms with van der Waals surface area (Å²) >= 11 is 0. The second-order valence-electron chi connectivity index (χ2n) is 5.65. The summed E-state index contributed by atoms with van der Waals surface area (Å²) in [5.41, 5.74) is -0.363. The molecule has 0 radical (unpaired) electrons. The van der Waals surface area contributed by atoms with Crippen LogP contribution in [0.1, 0.15) is 26.7 Å². The summed E-state index contributed by atoms with van der Waals surface area (Å²) in [5, 5.41) is 11.8. The van der Waals surface area contributed by atoms with Gasteiger partial charge in [0.1, 0.15) is 0 Å². The number of nitrogens with one attached hydrogen (secondary N) is 1. The molecule has 3 atom stereocenters. The third-order valence-corrected chi connectivity index (χ3v) is 4.11. The van der Waals surface area contributed by atoms with Gasteiger partial charge in [0.2, 0.25) is 0 Å². The van der Waals surface area contributed by atoms with Gasteiger partial charge in [0.25, 0.3) is 0 Å². The fourth-order valence-corrected chi connectivity index (χ4v) is 2.54. The van der Waals surface area contributed by atoms with Crippen LogP contribution in [0.15, 0.2) is 0 Å². The first-order valence-electron chi connectivity index (χ1n) is 6.93. The summed E-state index contributed by atoms with van der Waals surface area (Å²) < 4.78 is 10.9. The lowest BCUT2D eigenvalue weighted by Crippen LogP contribution is -2.58. The zero-order valence-electron chi connectivity index (χ0n) is 11.9. The molecule has 2 aliphatic rings. The van der Waals surface area contributed by atoms with E-state index in [9.17, 15) is 9.59 Å². The molecule has 2 N–H and O–H groups in total. The van der Waals surface area contributed by atoms with E-state index in [0.717, 1.165) is 6.42 Å². The molecular weight excluding hydrogens is 264 g/mol. The van der Waals surface area contributed by atoms with Crippen LogP contribution in [0.25, 0.3) is 0 Å². The van der Waals surface area contributed by atoms with E-state index >= 15 is 0 Å². The number of hydrogen-bond acceptors (Lipinski definition) is 4. The van der Waals surface area contributed by atoms with E-state index < -0.39 is 12.1 Å². The van der Waals surface area contributed by atoms with Crippen molar-refractivity contribution in [1.82, 2.24) is 10.2 Å². The van der Waals surface area contributed by atoms with Gasteiger partial charge >= 0.3 is 12.0 Å². The number of carboxylic acid groups (broad SMARTS) is 1. The second kappa shape index (κ2) is 5.97. The van der Waals surface area contributed by atoms with E-state index in [1.54, 1.807) is 4.90 Å². The first-order chi connectivity index (χ1) is 9.40. The number of rotatable bonds is 3. The van der Waals surface area contributed by atoms with Crippen molar-refractivity contribution in [3.8, 4) is 0 Å². The van der Waals surface area contributed by atoms with Crippen LogP contribution < -0.4 is 5.32 Å². The highest BCUT2D eigenvalue weighted by atomic mass is 16.5. The van der Waals surface area contributed by atoms with Crippen molar-refractivity contribution in [1.29, 1.82) is 0 Å². The van der Waals surface area contributed by atoms with Crippen molar-refractivity contribution >= 4 is 12.0 Å². The highest BCUT2D eigenvalue weighted by Crippen LogP contribution is 2.25. The maximum absolute atomic E-state index is 12.3. The number of carboxylic acids is 1. The summed E-state index contributed by atoms with van der Waals surface area (Å²) in [6.07, 6.45) is 0.239. The molecule has 0 aromatic rings. The van der Waals surface area contributed by atoms with Crippen molar-refractivity contribution in [2.45, 2.75) is 44.4 Å². The van der Waals surface area contributed by atoms with E-state index in [2.05, 4.69) is 5.32 Å². The van der Waals surface area contributed by atoms with Crippen molar-refractivity contribution in [3.63, 3.8) is 0 Å². The molecule has 2 fully saturated rings. The topological polar surface area (TPSA) is 88.1 Å². The summed E-state index contributed by atoms with van der Waals surface area (Å²) in [4.78, 5) is 24.6. The molecule has 0 bridgehead atoms. The Balaban J connectivity index is 1.90. The lowest BCUT2D eigenvalue weighted by molar-refractivity contribution is -0.141. The monoisotopic (exact) mass is 286 g/mol. The standard InChI is InChI=1S/C13H22N2O5/c1-9-13(2,3-5-19-9)14-12(18)15-4-6-20-10(8-15)7-11(16)17/h9-10H,3-8H2,1-2H3,(H,14,18)(H,16,17). The molecule has 0 aromatic carbocycles. The van der Waals surface area contributed by atoms with Crippen molar-refractivity contribution in [2.24, 2.45) is 0 Å². The fraction of sp³-hybridized carbons (Fsp3) is 0.846. The van der Waals surface area contributed by atoms with E-state index in [1.807, 2.05) is 13.8 Å². The molecule has 0 aliphatic carbocycles. The Bertz CT molecular complexity index is 389. The molecule has 7 nitrogen and oxygen atoms in total. The first kappa shape index (κ1) is 15.1. The molecule has 2 saturated heterocycles. The Morgan fingerprint density at radius 2 is 2.15 bits per heavy atom. The summed E-state index contributed by atoms with van der Waals surface area (Å²) in [6, 6.07) is -0.177. The molecular formula is C13H22N2O5. The normalized spacial score (nSPS) is 34.0. The summed E-state index contributed by atoms with van der Waals surface area (Å²) in [7, 11) is 0. The van der Waals surface area contributed by atoms with Gasteiger partial charge in [-0.1, -0.05) is 0 Å². The lowest BCUT2D eigenvalue weighted by Gasteiger charge is -2.36. The number of carbonyl (C=O) groups is 2. The number of urea groups is 1. The molecule has 0 aromatic heterocycles. The summed E-state index contributed by atoms with van der Waals surface area (Å²) in [5.74, 6) is -0.915. The van der Waals surface area contributed by atoms with Crippen molar-refractivity contribution in [3.05, 3.63) is 0 Å². The van der Waals surface area contributed by atoms with Crippen molar-refractivity contribution < 1.29 is 24.2 Å². The van der Waals surface area contributed by atoms with Gasteiger partial charge in [-0.25, -0.2) is 4.79 Å². The lowest BCUT2D eigenvalue weighted by atomic mass is 9.95. The van der Waals surface area contributed by atoms with Crippen LogP contribution >= 0.6 is 0 Å². The molecule has 7 heteroatoms. The van der Waals surface area contributed by atoms with Crippen LogP contribution in [0.2, 0.25) is 0 Å². The van der Waals surface area contributed by atoms with Gasteiger partial charge in [0.15, 0.2) is 0 Å². The van der Waals surface area contributed by atoms with Gasteiger partial charge in [0.05, 0.1) is 30.8 Å². The van der Waals surface area contributed by atoms with Gasteiger partial charge < -0.3 is 24.8 Å². The van der Waals surface area contributed by atoms with Crippen LogP contribution in [0.5, 0.6) is 0 Å². The average Bonchev–Trinajstić information content (AvgIpc) is 2.69. The maximum atomic E-state index is 12.3. The molecule has 114 valence electrons. The highest BCUT2D eigenvalue weighted by molar-refractivity contribution is 5.75. The molecule has 3 unspecified atom stereocenters. The third-order valence-electron chi connectivity index (χ3n) is 4.11. The molecule has 2 aliphatic heterocycles. The Kier molecular flexibility index (Phi) is 4.49. The molecule has 0 spiro atoms. The minimum atomic E-state index is -0.915. The van der Waals surface area contributed by atoms with Gasteiger partial charge in [0, 0.05) is 19.7 Å². The summed E-state index contributed by atoms with van der Waals surface area (Å²) in [6.45, 7) is 5.71. The second-order valence-corrected chi connectivity index (χ2v) is 5.65. The Morgan fingerprint density at radius 1 is 1.40 bits per heavy atom. The predicted molar refractivity (Wildman–Crippen MR) is 70.5 cm³/mol. The number of aliphatic carboxylic acids is 1. The number of morpholine rings is 1. The van der Waals surface area contributed by atoms with Crippen LogP contribution in [-0.4, -0.2) is 66.1 Å². The molecule has 2 heterocycles. The van der Waals surface area contributed by atoms with Crippen molar-refractivity contribution in [2.75, 3.05) is 26.3 Å². The Labute approximate surface area is 118 Å². The maximum Gasteiger partial charge on any atom is 0.318 e. The number of ether oxygens (including phenoxy) is 2. The minimum absolute atomic E-state index is 0.0256. The smallest absolute Gasteiger partial charge is 0.318 e. The van der Waals surface area contributed by atoms with Gasteiger partial charge in [-0.15, -0.1) is 0 Å². The van der Waals surface area contributed by atoms with Crippen LogP contribution in [-0.2, 0) is 14.3 Å². The minimum Gasteiger partial charge on any atom is -0.481 e. The molecule has 2 rings (SSSR count). The predicted octanol–water partition coefficient (Wildman–Crippen LogP) is 0.439.